The second-order valence-corrected chi connectivity index (χ2v) is 11.0. The molecule has 9 heteroatoms. The molecule has 2 aliphatic heterocycles. The minimum absolute atomic E-state index is 0.120. The van der Waals surface area contributed by atoms with Crippen LogP contribution in [0.2, 0.25) is 0 Å². The SMILES string of the molecule is CCCN1CCC2(CCN(S(=O)(=O)c3ccc(-c4c(C)noc4C)s3)C2)C1=O. The molecule has 2 aromatic rings. The van der Waals surface area contributed by atoms with Crippen LogP contribution in [-0.4, -0.2) is 54.9 Å². The van der Waals surface area contributed by atoms with Crippen molar-refractivity contribution in [3.05, 3.63) is 23.6 Å². The van der Waals surface area contributed by atoms with Gasteiger partial charge in [-0.1, -0.05) is 12.1 Å². The Bertz CT molecular complexity index is 991. The highest BCUT2D eigenvalue weighted by Crippen LogP contribution is 2.43. The van der Waals surface area contributed by atoms with Gasteiger partial charge in [-0.15, -0.1) is 11.3 Å². The van der Waals surface area contributed by atoms with Crippen molar-refractivity contribution in [2.75, 3.05) is 26.2 Å². The van der Waals surface area contributed by atoms with Gasteiger partial charge in [-0.2, -0.15) is 4.31 Å². The van der Waals surface area contributed by atoms with Crippen molar-refractivity contribution in [2.45, 2.75) is 44.2 Å². The Morgan fingerprint density at radius 1 is 1.25 bits per heavy atom. The van der Waals surface area contributed by atoms with Crippen molar-refractivity contribution in [3.8, 4) is 10.4 Å². The fourth-order valence-corrected chi connectivity index (χ4v) is 7.48. The molecule has 0 aromatic carbocycles. The molecule has 4 heterocycles. The first-order chi connectivity index (χ1) is 13.3. The highest BCUT2D eigenvalue weighted by atomic mass is 32.2. The third-order valence-corrected chi connectivity index (χ3v) is 9.28. The molecule has 152 valence electrons. The van der Waals surface area contributed by atoms with E-state index in [0.717, 1.165) is 42.1 Å². The molecule has 1 unspecified atom stereocenters. The Hall–Kier alpha value is -1.71. The van der Waals surface area contributed by atoms with E-state index in [1.807, 2.05) is 18.7 Å². The minimum atomic E-state index is -3.62. The standard InChI is InChI=1S/C19H25N3O4S2/c1-4-9-21-10-7-19(18(21)23)8-11-22(12-19)28(24,25)16-6-5-15(27-16)17-13(2)20-26-14(17)3/h5-6H,4,7-12H2,1-3H3. The number of thiophene rings is 1. The number of nitrogens with zero attached hydrogens (tertiary/aromatic N) is 3. The van der Waals surface area contributed by atoms with Crippen LogP contribution in [0.3, 0.4) is 0 Å². The summed E-state index contributed by atoms with van der Waals surface area (Å²) in [5.74, 6) is 0.797. The van der Waals surface area contributed by atoms with Crippen molar-refractivity contribution in [2.24, 2.45) is 5.41 Å². The Morgan fingerprint density at radius 2 is 2.00 bits per heavy atom. The predicted octanol–water partition coefficient (Wildman–Crippen LogP) is 3.04. The second kappa shape index (κ2) is 6.96. The Morgan fingerprint density at radius 3 is 2.68 bits per heavy atom. The average molecular weight is 424 g/mol. The molecule has 0 aliphatic carbocycles. The summed E-state index contributed by atoms with van der Waals surface area (Å²) in [4.78, 5) is 15.6. The minimum Gasteiger partial charge on any atom is -0.361 e. The molecular formula is C19H25N3O4S2. The molecule has 2 aliphatic rings. The smallest absolute Gasteiger partial charge is 0.252 e. The van der Waals surface area contributed by atoms with Crippen LogP contribution in [0.4, 0.5) is 0 Å². The van der Waals surface area contributed by atoms with E-state index in [0.29, 0.717) is 22.9 Å². The maximum atomic E-state index is 13.2. The van der Waals surface area contributed by atoms with E-state index in [4.69, 9.17) is 4.52 Å². The molecule has 0 radical (unpaired) electrons. The van der Waals surface area contributed by atoms with E-state index in [2.05, 4.69) is 12.1 Å². The normalized spacial score (nSPS) is 23.4. The van der Waals surface area contributed by atoms with E-state index in [9.17, 15) is 13.2 Å². The Labute approximate surface area is 169 Å². The number of likely N-dealkylation sites (tertiary alicyclic amines) is 1. The molecule has 7 nitrogen and oxygen atoms in total. The first-order valence-electron chi connectivity index (χ1n) is 9.61. The number of rotatable bonds is 5. The van der Waals surface area contributed by atoms with E-state index in [1.54, 1.807) is 12.1 Å². The largest absolute Gasteiger partial charge is 0.361 e. The maximum absolute atomic E-state index is 13.2. The van der Waals surface area contributed by atoms with Crippen LogP contribution in [0.25, 0.3) is 10.4 Å². The number of hydrogen-bond donors (Lipinski definition) is 0. The fourth-order valence-electron chi connectivity index (χ4n) is 4.35. The Kier molecular flexibility index (Phi) is 4.87. The van der Waals surface area contributed by atoms with Crippen LogP contribution in [0.15, 0.2) is 20.9 Å². The maximum Gasteiger partial charge on any atom is 0.252 e. The molecule has 0 saturated carbocycles. The van der Waals surface area contributed by atoms with E-state index >= 15 is 0 Å². The van der Waals surface area contributed by atoms with Gasteiger partial charge in [-0.05, 0) is 45.2 Å². The zero-order valence-electron chi connectivity index (χ0n) is 16.4. The summed E-state index contributed by atoms with van der Waals surface area (Å²) in [6.07, 6.45) is 2.27. The van der Waals surface area contributed by atoms with Crippen LogP contribution in [0.1, 0.15) is 37.6 Å². The summed E-state index contributed by atoms with van der Waals surface area (Å²) in [6.45, 7) is 7.88. The van der Waals surface area contributed by atoms with Crippen LogP contribution >= 0.6 is 11.3 Å². The van der Waals surface area contributed by atoms with Gasteiger partial charge in [0.2, 0.25) is 5.91 Å². The van der Waals surface area contributed by atoms with Crippen LogP contribution in [-0.2, 0) is 14.8 Å². The molecule has 4 rings (SSSR count). The van der Waals surface area contributed by atoms with Crippen LogP contribution < -0.4 is 0 Å². The second-order valence-electron chi connectivity index (χ2n) is 7.73. The van der Waals surface area contributed by atoms with Gasteiger partial charge in [0.1, 0.15) is 9.97 Å². The van der Waals surface area contributed by atoms with Crippen LogP contribution in [0.5, 0.6) is 0 Å². The highest BCUT2D eigenvalue weighted by Gasteiger charge is 2.52. The first kappa shape index (κ1) is 19.6. The van der Waals surface area contributed by atoms with Crippen molar-refractivity contribution < 1.29 is 17.7 Å². The molecule has 0 N–H and O–H groups in total. The van der Waals surface area contributed by atoms with E-state index < -0.39 is 15.4 Å². The fraction of sp³-hybridized carbons (Fsp3) is 0.579. The van der Waals surface area contributed by atoms with E-state index in [1.165, 1.54) is 15.6 Å². The van der Waals surface area contributed by atoms with Crippen molar-refractivity contribution >= 4 is 27.3 Å². The molecule has 1 spiro atoms. The lowest BCUT2D eigenvalue weighted by Gasteiger charge is -2.23. The number of carbonyl (C=O) groups excluding carboxylic acids is 1. The molecule has 0 bridgehead atoms. The van der Waals surface area contributed by atoms with Crippen molar-refractivity contribution in [1.29, 1.82) is 0 Å². The molecule has 2 aromatic heterocycles. The number of sulfonamides is 1. The quantitative estimate of drug-likeness (QED) is 0.738. The summed E-state index contributed by atoms with van der Waals surface area (Å²) in [7, 11) is -3.62. The molecule has 1 atom stereocenters. The van der Waals surface area contributed by atoms with Crippen LogP contribution in [0, 0.1) is 19.3 Å². The summed E-state index contributed by atoms with van der Waals surface area (Å²) >= 11 is 1.23. The molecular weight excluding hydrogens is 398 g/mol. The van der Waals surface area contributed by atoms with Gasteiger partial charge in [-0.25, -0.2) is 8.42 Å². The summed E-state index contributed by atoms with van der Waals surface area (Å²) in [5.41, 5.74) is 1.06. The average Bonchev–Trinajstić information content (AvgIpc) is 3.41. The predicted molar refractivity (Wildman–Crippen MR) is 107 cm³/mol. The summed E-state index contributed by atoms with van der Waals surface area (Å²) in [5, 5.41) is 3.95. The van der Waals surface area contributed by atoms with Gasteiger partial charge in [-0.3, -0.25) is 4.79 Å². The summed E-state index contributed by atoms with van der Waals surface area (Å²) in [6, 6.07) is 3.45. The number of hydrogen-bond acceptors (Lipinski definition) is 6. The highest BCUT2D eigenvalue weighted by molar-refractivity contribution is 7.91. The third kappa shape index (κ3) is 3.00. The van der Waals surface area contributed by atoms with E-state index in [-0.39, 0.29) is 12.5 Å². The number of aromatic nitrogens is 1. The zero-order chi connectivity index (χ0) is 20.1. The van der Waals surface area contributed by atoms with Gasteiger partial charge in [0, 0.05) is 31.1 Å². The Balaban J connectivity index is 1.57. The van der Waals surface area contributed by atoms with Gasteiger partial charge in [0.05, 0.1) is 16.7 Å². The number of aryl methyl sites for hydroxylation is 2. The monoisotopic (exact) mass is 423 g/mol. The first-order valence-corrected chi connectivity index (χ1v) is 11.9. The topological polar surface area (TPSA) is 83.7 Å². The third-order valence-electron chi connectivity index (χ3n) is 5.87. The van der Waals surface area contributed by atoms with Crippen molar-refractivity contribution in [3.63, 3.8) is 0 Å². The van der Waals surface area contributed by atoms with Gasteiger partial charge in [0.25, 0.3) is 10.0 Å². The molecule has 1 amide bonds. The lowest BCUT2D eigenvalue weighted by molar-refractivity contribution is -0.135. The van der Waals surface area contributed by atoms with Gasteiger partial charge in [0.15, 0.2) is 0 Å². The summed E-state index contributed by atoms with van der Waals surface area (Å²) < 4.78 is 33.4. The number of carbonyl (C=O) groups is 1. The molecule has 2 fully saturated rings. The molecule has 2 saturated heterocycles. The zero-order valence-corrected chi connectivity index (χ0v) is 18.0. The van der Waals surface area contributed by atoms with Gasteiger partial charge < -0.3 is 9.42 Å². The van der Waals surface area contributed by atoms with Crippen molar-refractivity contribution in [1.82, 2.24) is 14.4 Å². The lowest BCUT2D eigenvalue weighted by Crippen LogP contribution is -2.38. The number of amides is 1. The molecule has 28 heavy (non-hydrogen) atoms. The van der Waals surface area contributed by atoms with Gasteiger partial charge >= 0.3 is 0 Å². The lowest BCUT2D eigenvalue weighted by atomic mass is 9.86.